The van der Waals surface area contributed by atoms with E-state index in [4.69, 9.17) is 9.15 Å². The Morgan fingerprint density at radius 2 is 2.16 bits per heavy atom. The molecule has 4 rings (SSSR count). The normalized spacial score (nSPS) is 27.2. The molecular formula is C19H29N3O3. The molecule has 138 valence electrons. The van der Waals surface area contributed by atoms with Gasteiger partial charge in [-0.2, -0.15) is 0 Å². The molecule has 1 aromatic heterocycles. The molecule has 2 aliphatic heterocycles. The molecule has 1 saturated carbocycles. The maximum atomic E-state index is 12.7. The van der Waals surface area contributed by atoms with Crippen molar-refractivity contribution in [1.82, 2.24) is 15.1 Å². The summed E-state index contributed by atoms with van der Waals surface area (Å²) < 4.78 is 11.0. The van der Waals surface area contributed by atoms with Crippen LogP contribution >= 0.6 is 0 Å². The summed E-state index contributed by atoms with van der Waals surface area (Å²) in [6.45, 7) is 4.41. The zero-order valence-electron chi connectivity index (χ0n) is 15.1. The van der Waals surface area contributed by atoms with Crippen molar-refractivity contribution in [3.8, 4) is 0 Å². The predicted octanol–water partition coefficient (Wildman–Crippen LogP) is 2.76. The molecule has 3 fully saturated rings. The highest BCUT2D eigenvalue weighted by atomic mass is 16.5. The highest BCUT2D eigenvalue weighted by molar-refractivity contribution is 5.75. The van der Waals surface area contributed by atoms with E-state index in [-0.39, 0.29) is 12.1 Å². The molecule has 0 aromatic carbocycles. The van der Waals surface area contributed by atoms with Crippen molar-refractivity contribution in [2.24, 2.45) is 5.92 Å². The van der Waals surface area contributed by atoms with Gasteiger partial charge in [0.25, 0.3) is 0 Å². The molecule has 6 nitrogen and oxygen atoms in total. The summed E-state index contributed by atoms with van der Waals surface area (Å²) in [6, 6.07) is 4.87. The average Bonchev–Trinajstić information content (AvgIpc) is 3.05. The van der Waals surface area contributed by atoms with E-state index in [1.807, 2.05) is 17.0 Å². The maximum absolute atomic E-state index is 12.7. The smallest absolute Gasteiger partial charge is 0.318 e. The second-order valence-electron chi connectivity index (χ2n) is 7.66. The van der Waals surface area contributed by atoms with E-state index in [0.717, 1.165) is 50.0 Å². The topological polar surface area (TPSA) is 58.0 Å². The fourth-order valence-corrected chi connectivity index (χ4v) is 4.23. The first-order chi connectivity index (χ1) is 12.2. The Labute approximate surface area is 149 Å². The van der Waals surface area contributed by atoms with Gasteiger partial charge in [-0.25, -0.2) is 4.79 Å². The molecule has 2 atom stereocenters. The zero-order valence-corrected chi connectivity index (χ0v) is 15.1. The minimum atomic E-state index is 0.0528. The van der Waals surface area contributed by atoms with Crippen molar-refractivity contribution in [3.63, 3.8) is 0 Å². The first-order valence-corrected chi connectivity index (χ1v) is 9.60. The Hall–Kier alpha value is -1.53. The number of urea groups is 1. The lowest BCUT2D eigenvalue weighted by Gasteiger charge is -2.24. The molecule has 1 aliphatic carbocycles. The van der Waals surface area contributed by atoms with Crippen LogP contribution in [0.5, 0.6) is 0 Å². The summed E-state index contributed by atoms with van der Waals surface area (Å²) in [5.74, 6) is 2.29. The number of nitrogens with one attached hydrogen (secondary N) is 1. The highest BCUT2D eigenvalue weighted by Gasteiger charge is 2.35. The van der Waals surface area contributed by atoms with E-state index in [1.54, 1.807) is 7.11 Å². The van der Waals surface area contributed by atoms with Crippen LogP contribution in [0.2, 0.25) is 0 Å². The van der Waals surface area contributed by atoms with Crippen LogP contribution in [-0.4, -0.2) is 55.2 Å². The van der Waals surface area contributed by atoms with Gasteiger partial charge in [0.05, 0.1) is 6.04 Å². The lowest BCUT2D eigenvalue weighted by Crippen LogP contribution is -2.41. The zero-order chi connectivity index (χ0) is 17.2. The molecule has 0 spiro atoms. The Morgan fingerprint density at radius 1 is 1.28 bits per heavy atom. The van der Waals surface area contributed by atoms with E-state index >= 15 is 0 Å². The van der Waals surface area contributed by atoms with Crippen LogP contribution in [0.1, 0.15) is 49.7 Å². The number of furan rings is 1. The highest BCUT2D eigenvalue weighted by Crippen LogP contribution is 2.34. The number of likely N-dealkylation sites (tertiary alicyclic amines) is 2. The van der Waals surface area contributed by atoms with E-state index in [0.29, 0.717) is 12.5 Å². The molecule has 2 amide bonds. The van der Waals surface area contributed by atoms with Crippen molar-refractivity contribution in [3.05, 3.63) is 23.7 Å². The SMILES string of the molecule is COCc1ccc([C@H]2CCCN2C(=O)NC[C@H]2CCN(C3CC3)C2)o1. The molecule has 1 N–H and O–H groups in total. The van der Waals surface area contributed by atoms with Crippen LogP contribution in [0, 0.1) is 5.92 Å². The number of carbonyl (C=O) groups is 1. The lowest BCUT2D eigenvalue weighted by molar-refractivity contribution is 0.156. The summed E-state index contributed by atoms with van der Waals surface area (Å²) in [5.41, 5.74) is 0. The minimum Gasteiger partial charge on any atom is -0.461 e. The summed E-state index contributed by atoms with van der Waals surface area (Å²) >= 11 is 0. The largest absolute Gasteiger partial charge is 0.461 e. The van der Waals surface area contributed by atoms with Gasteiger partial charge in [-0.3, -0.25) is 0 Å². The van der Waals surface area contributed by atoms with Crippen molar-refractivity contribution in [2.75, 3.05) is 33.3 Å². The molecule has 3 aliphatic rings. The number of amides is 2. The summed E-state index contributed by atoms with van der Waals surface area (Å²) in [5, 5.41) is 3.17. The van der Waals surface area contributed by atoms with Gasteiger partial charge in [-0.1, -0.05) is 0 Å². The van der Waals surface area contributed by atoms with Gasteiger partial charge in [0.2, 0.25) is 0 Å². The number of carbonyl (C=O) groups excluding carboxylic acids is 1. The summed E-state index contributed by atoms with van der Waals surface area (Å²) in [6.07, 6.45) is 5.92. The van der Waals surface area contributed by atoms with Gasteiger partial charge in [0.1, 0.15) is 18.1 Å². The molecule has 1 aromatic rings. The van der Waals surface area contributed by atoms with Crippen molar-refractivity contribution in [2.45, 2.75) is 50.8 Å². The monoisotopic (exact) mass is 347 g/mol. The third-order valence-corrected chi connectivity index (χ3v) is 5.73. The van der Waals surface area contributed by atoms with E-state index in [2.05, 4.69) is 10.2 Å². The molecule has 2 saturated heterocycles. The number of methoxy groups -OCH3 is 1. The van der Waals surface area contributed by atoms with Crippen LogP contribution in [0.4, 0.5) is 4.79 Å². The fraction of sp³-hybridized carbons (Fsp3) is 0.737. The second-order valence-corrected chi connectivity index (χ2v) is 7.66. The summed E-state index contributed by atoms with van der Waals surface area (Å²) in [7, 11) is 1.66. The van der Waals surface area contributed by atoms with Gasteiger partial charge < -0.3 is 24.3 Å². The maximum Gasteiger partial charge on any atom is 0.318 e. The Morgan fingerprint density at radius 3 is 2.96 bits per heavy atom. The molecule has 3 heterocycles. The third kappa shape index (κ3) is 3.85. The second kappa shape index (κ2) is 7.38. The van der Waals surface area contributed by atoms with Gasteiger partial charge in [-0.15, -0.1) is 0 Å². The molecular weight excluding hydrogens is 318 g/mol. The van der Waals surface area contributed by atoms with E-state index in [9.17, 15) is 4.79 Å². The fourth-order valence-electron chi connectivity index (χ4n) is 4.23. The van der Waals surface area contributed by atoms with Crippen molar-refractivity contribution >= 4 is 6.03 Å². The first kappa shape index (κ1) is 16.9. The van der Waals surface area contributed by atoms with Gasteiger partial charge >= 0.3 is 6.03 Å². The van der Waals surface area contributed by atoms with Crippen LogP contribution < -0.4 is 5.32 Å². The van der Waals surface area contributed by atoms with E-state index < -0.39 is 0 Å². The summed E-state index contributed by atoms with van der Waals surface area (Å²) in [4.78, 5) is 17.2. The van der Waals surface area contributed by atoms with Gasteiger partial charge in [-0.05, 0) is 56.7 Å². The number of nitrogens with zero attached hydrogens (tertiary/aromatic N) is 2. The van der Waals surface area contributed by atoms with Crippen molar-refractivity contribution in [1.29, 1.82) is 0 Å². The number of rotatable bonds is 6. The van der Waals surface area contributed by atoms with Crippen LogP contribution in [0.3, 0.4) is 0 Å². The Kier molecular flexibility index (Phi) is 4.99. The third-order valence-electron chi connectivity index (χ3n) is 5.73. The number of ether oxygens (including phenoxy) is 1. The molecule has 0 radical (unpaired) electrons. The quantitative estimate of drug-likeness (QED) is 0.860. The lowest BCUT2D eigenvalue weighted by atomic mass is 10.1. The predicted molar refractivity (Wildman–Crippen MR) is 94.2 cm³/mol. The van der Waals surface area contributed by atoms with Crippen molar-refractivity contribution < 1.29 is 13.9 Å². The molecule has 0 unspecified atom stereocenters. The van der Waals surface area contributed by atoms with Crippen LogP contribution in [0.25, 0.3) is 0 Å². The van der Waals surface area contributed by atoms with E-state index in [1.165, 1.54) is 25.8 Å². The first-order valence-electron chi connectivity index (χ1n) is 9.60. The van der Waals surface area contributed by atoms with Gasteiger partial charge in [0, 0.05) is 32.8 Å². The Bertz CT molecular complexity index is 598. The van der Waals surface area contributed by atoms with Crippen LogP contribution in [0.15, 0.2) is 16.5 Å². The number of hydrogen-bond donors (Lipinski definition) is 1. The van der Waals surface area contributed by atoms with Gasteiger partial charge in [0.15, 0.2) is 0 Å². The molecule has 0 bridgehead atoms. The Balaban J connectivity index is 1.29. The minimum absolute atomic E-state index is 0.0528. The van der Waals surface area contributed by atoms with Crippen LogP contribution in [-0.2, 0) is 11.3 Å². The molecule has 6 heteroatoms. The molecule has 25 heavy (non-hydrogen) atoms. The standard InChI is InChI=1S/C19H29N3O3/c1-24-13-16-6-7-18(25-16)17-3-2-9-22(17)19(23)20-11-14-8-10-21(12-14)15-4-5-15/h6-7,14-15,17H,2-5,8-13H2,1H3,(H,20,23)/t14-,17-/m1/s1. The number of hydrogen-bond acceptors (Lipinski definition) is 4. The average molecular weight is 347 g/mol.